The van der Waals surface area contributed by atoms with Crippen LogP contribution in [-0.4, -0.2) is 43.9 Å². The van der Waals surface area contributed by atoms with Crippen molar-refractivity contribution in [3.8, 4) is 0 Å². The van der Waals surface area contributed by atoms with Crippen molar-refractivity contribution in [1.82, 2.24) is 9.62 Å². The Morgan fingerprint density at radius 1 is 1.00 bits per heavy atom. The Morgan fingerprint density at radius 2 is 1.50 bits per heavy atom. The maximum absolute atomic E-state index is 13.3. The summed E-state index contributed by atoms with van der Waals surface area (Å²) < 4.78 is 85.5. The largest absolute Gasteiger partial charge is 0.457 e. The summed E-state index contributed by atoms with van der Waals surface area (Å²) in [6.07, 6.45) is -3.46. The van der Waals surface area contributed by atoms with Crippen LogP contribution >= 0.6 is 0 Å². The predicted molar refractivity (Wildman–Crippen MR) is 53.3 cm³/mol. The van der Waals surface area contributed by atoms with Crippen LogP contribution in [-0.2, 0) is 10.0 Å². The van der Waals surface area contributed by atoms with Crippen molar-refractivity contribution in [3.63, 3.8) is 0 Å². The van der Waals surface area contributed by atoms with E-state index >= 15 is 0 Å². The van der Waals surface area contributed by atoms with Crippen molar-refractivity contribution in [2.24, 2.45) is 0 Å². The van der Waals surface area contributed by atoms with E-state index in [1.54, 1.807) is 0 Å². The first kappa shape index (κ1) is 15.6. The van der Waals surface area contributed by atoms with Crippen LogP contribution in [0, 0.1) is 0 Å². The molecule has 1 saturated heterocycles. The lowest BCUT2D eigenvalue weighted by molar-refractivity contribution is -0.164. The highest BCUT2D eigenvalue weighted by atomic mass is 32.2. The smallest absolute Gasteiger partial charge is 0.221 e. The molecule has 1 heterocycles. The molecule has 108 valence electrons. The van der Waals surface area contributed by atoms with Gasteiger partial charge in [-0.05, 0) is 12.8 Å². The van der Waals surface area contributed by atoms with E-state index in [9.17, 15) is 30.4 Å². The van der Waals surface area contributed by atoms with Gasteiger partial charge in [-0.25, -0.2) is 13.7 Å². The molecular formula is C8H13F5N2O2S. The summed E-state index contributed by atoms with van der Waals surface area (Å²) in [5, 5.41) is -3.92. The van der Waals surface area contributed by atoms with Gasteiger partial charge in [0, 0.05) is 13.1 Å². The Hall–Kier alpha value is -0.480. The lowest BCUT2D eigenvalue weighted by atomic mass is 10.2. The van der Waals surface area contributed by atoms with E-state index in [4.69, 9.17) is 0 Å². The molecule has 0 aliphatic carbocycles. The third-order valence-electron chi connectivity index (χ3n) is 2.53. The van der Waals surface area contributed by atoms with Crippen molar-refractivity contribution in [2.45, 2.75) is 30.8 Å². The number of nitrogens with zero attached hydrogens (tertiary/aromatic N) is 1. The molecule has 1 N–H and O–H groups in total. The monoisotopic (exact) mass is 296 g/mol. The highest BCUT2D eigenvalue weighted by molar-refractivity contribution is 7.90. The minimum Gasteiger partial charge on any atom is -0.221 e. The summed E-state index contributed by atoms with van der Waals surface area (Å²) in [4.78, 5) is 0. The maximum atomic E-state index is 13.3. The van der Waals surface area contributed by atoms with Gasteiger partial charge in [0.25, 0.3) is 10.0 Å². The molecule has 0 bridgehead atoms. The predicted octanol–water partition coefficient (Wildman–Crippen LogP) is 1.50. The van der Waals surface area contributed by atoms with Gasteiger partial charge in [-0.1, -0.05) is 6.42 Å². The van der Waals surface area contributed by atoms with Gasteiger partial charge in [-0.15, -0.1) is 0 Å². The van der Waals surface area contributed by atoms with E-state index in [-0.39, 0.29) is 13.1 Å². The fraction of sp³-hybridized carbons (Fsp3) is 1.00. The van der Waals surface area contributed by atoms with Crippen LogP contribution < -0.4 is 5.32 Å². The first-order valence-electron chi connectivity index (χ1n) is 5.25. The zero-order chi connectivity index (χ0) is 14.0. The normalized spacial score (nSPS) is 20.1. The molecule has 0 aromatic rings. The molecule has 0 atom stereocenters. The number of rotatable bonds is 4. The van der Waals surface area contributed by atoms with Crippen molar-refractivity contribution < 1.29 is 30.4 Å². The molecule has 1 rings (SSSR count). The van der Waals surface area contributed by atoms with Gasteiger partial charge in [0.1, 0.15) is 0 Å². The van der Waals surface area contributed by atoms with Crippen molar-refractivity contribution >= 4 is 10.0 Å². The summed E-state index contributed by atoms with van der Waals surface area (Å²) in [7, 11) is -5.05. The standard InChI is InChI=1S/C8H13F5N2O2S/c9-7(10,6-14-8(11,12)13)18(16,17)15-4-2-1-3-5-15/h14H,1-6H2. The number of nitrogens with one attached hydrogen (secondary N) is 1. The van der Waals surface area contributed by atoms with Crippen LogP contribution in [0.3, 0.4) is 0 Å². The van der Waals surface area contributed by atoms with E-state index in [2.05, 4.69) is 0 Å². The lowest BCUT2D eigenvalue weighted by Crippen LogP contribution is -2.51. The molecule has 0 saturated carbocycles. The van der Waals surface area contributed by atoms with Crippen molar-refractivity contribution in [3.05, 3.63) is 0 Å². The number of alkyl halides is 5. The minimum absolute atomic E-state index is 0.0794. The van der Waals surface area contributed by atoms with Gasteiger partial charge in [-0.3, -0.25) is 0 Å². The molecule has 1 fully saturated rings. The Balaban J connectivity index is 2.75. The third kappa shape index (κ3) is 3.75. The maximum Gasteiger partial charge on any atom is 0.457 e. The molecule has 1 aliphatic heterocycles. The van der Waals surface area contributed by atoms with Crippen molar-refractivity contribution in [2.75, 3.05) is 19.6 Å². The number of piperidine rings is 1. The molecule has 0 aromatic heterocycles. The number of hydrogen-bond donors (Lipinski definition) is 1. The quantitative estimate of drug-likeness (QED) is 0.632. The summed E-state index contributed by atoms with van der Waals surface area (Å²) in [5.74, 6) is 0. The van der Waals surface area contributed by atoms with Crippen LogP contribution in [0.1, 0.15) is 19.3 Å². The second-order valence-corrected chi connectivity index (χ2v) is 6.02. The van der Waals surface area contributed by atoms with Crippen LogP contribution in [0.2, 0.25) is 0 Å². The SMILES string of the molecule is O=S(=O)(N1CCCCC1)C(F)(F)CNC(F)(F)F. The van der Waals surface area contributed by atoms with Crippen molar-refractivity contribution in [1.29, 1.82) is 0 Å². The molecule has 10 heteroatoms. The Labute approximate surface area is 101 Å². The highest BCUT2D eigenvalue weighted by Crippen LogP contribution is 2.28. The summed E-state index contributed by atoms with van der Waals surface area (Å²) in [6, 6.07) is 0. The Bertz CT molecular complexity index is 375. The minimum atomic E-state index is -5.05. The molecule has 0 radical (unpaired) electrons. The molecule has 0 spiro atoms. The second-order valence-electron chi connectivity index (χ2n) is 3.95. The van der Waals surface area contributed by atoms with Gasteiger partial charge in [0.2, 0.25) is 0 Å². The van der Waals surface area contributed by atoms with E-state index in [0.717, 1.165) is 6.42 Å². The van der Waals surface area contributed by atoms with Gasteiger partial charge < -0.3 is 0 Å². The second kappa shape index (κ2) is 5.25. The van der Waals surface area contributed by atoms with Gasteiger partial charge in [0.05, 0.1) is 6.54 Å². The van der Waals surface area contributed by atoms with E-state index in [0.29, 0.717) is 22.5 Å². The van der Waals surface area contributed by atoms with E-state index in [1.165, 1.54) is 0 Å². The molecule has 0 amide bonds. The Morgan fingerprint density at radius 3 is 1.94 bits per heavy atom. The zero-order valence-corrected chi connectivity index (χ0v) is 10.1. The van der Waals surface area contributed by atoms with Crippen LogP contribution in [0.4, 0.5) is 22.0 Å². The molecule has 18 heavy (non-hydrogen) atoms. The molecule has 0 unspecified atom stereocenters. The molecule has 4 nitrogen and oxygen atoms in total. The topological polar surface area (TPSA) is 49.4 Å². The van der Waals surface area contributed by atoms with Crippen LogP contribution in [0.25, 0.3) is 0 Å². The van der Waals surface area contributed by atoms with Crippen LogP contribution in [0.15, 0.2) is 0 Å². The van der Waals surface area contributed by atoms with Crippen LogP contribution in [0.5, 0.6) is 0 Å². The first-order valence-corrected chi connectivity index (χ1v) is 6.69. The molecule has 1 aliphatic rings. The fourth-order valence-electron chi connectivity index (χ4n) is 1.59. The number of hydrogen-bond acceptors (Lipinski definition) is 3. The average molecular weight is 296 g/mol. The van der Waals surface area contributed by atoms with E-state index < -0.39 is 28.1 Å². The molecule has 0 aromatic carbocycles. The van der Waals surface area contributed by atoms with Gasteiger partial charge in [-0.2, -0.15) is 26.3 Å². The Kier molecular flexibility index (Phi) is 4.55. The summed E-state index contributed by atoms with van der Waals surface area (Å²) >= 11 is 0. The number of sulfonamides is 1. The average Bonchev–Trinajstić information content (AvgIpc) is 2.27. The van der Waals surface area contributed by atoms with Gasteiger partial charge >= 0.3 is 11.6 Å². The first-order chi connectivity index (χ1) is 8.06. The fourth-order valence-corrected chi connectivity index (χ4v) is 2.96. The lowest BCUT2D eigenvalue weighted by Gasteiger charge is -2.30. The van der Waals surface area contributed by atoms with E-state index in [1.807, 2.05) is 0 Å². The molecular weight excluding hydrogens is 283 g/mol. The zero-order valence-electron chi connectivity index (χ0n) is 9.30. The van der Waals surface area contributed by atoms with Gasteiger partial charge in [0.15, 0.2) is 0 Å². The number of halogens is 5. The summed E-state index contributed by atoms with van der Waals surface area (Å²) in [5.41, 5.74) is 0. The highest BCUT2D eigenvalue weighted by Gasteiger charge is 2.50. The summed E-state index contributed by atoms with van der Waals surface area (Å²) in [6.45, 7) is -2.14. The third-order valence-corrected chi connectivity index (χ3v) is 4.47.